The first-order valence-corrected chi connectivity index (χ1v) is 12.2. The number of unbranched alkanes of at least 4 members (excludes halogenated alkanes) is 1. The number of aromatic amines is 1. The molecule has 1 aromatic heterocycles. The van der Waals surface area contributed by atoms with E-state index in [0.717, 1.165) is 12.8 Å². The number of hydrogen-bond donors (Lipinski definition) is 2. The summed E-state index contributed by atoms with van der Waals surface area (Å²) in [7, 11) is -1.67. The molecule has 2 heterocycles. The number of nitrogens with zero attached hydrogens (tertiary/aromatic N) is 1. The molecule has 10 nitrogen and oxygen atoms in total. The minimum atomic E-state index is -1.67. The zero-order valence-electron chi connectivity index (χ0n) is 18.8. The van der Waals surface area contributed by atoms with E-state index in [0.29, 0.717) is 25.2 Å². The van der Waals surface area contributed by atoms with Crippen molar-refractivity contribution in [1.82, 2.24) is 14.6 Å². The summed E-state index contributed by atoms with van der Waals surface area (Å²) in [4.78, 5) is 37.8. The third-order valence-electron chi connectivity index (χ3n) is 4.95. The lowest BCUT2D eigenvalue weighted by Gasteiger charge is -2.23. The first-order chi connectivity index (χ1) is 16.0. The lowest BCUT2D eigenvalue weighted by atomic mass is 10.2. The van der Waals surface area contributed by atoms with Gasteiger partial charge in [0.1, 0.15) is 18.0 Å². The van der Waals surface area contributed by atoms with Crippen LogP contribution in [0.25, 0.3) is 0 Å². The van der Waals surface area contributed by atoms with Gasteiger partial charge in [0.05, 0.1) is 19.3 Å². The Morgan fingerprint density at radius 3 is 2.79 bits per heavy atom. The molecular formula is C22H30N3O7P. The number of aromatic nitrogens is 2. The molecule has 2 N–H and O–H groups in total. The van der Waals surface area contributed by atoms with Crippen LogP contribution in [0.4, 0.5) is 0 Å². The maximum Gasteiger partial charge on any atom is 0.330 e. The number of carbonyl (C=O) groups excluding carboxylic acids is 1. The summed E-state index contributed by atoms with van der Waals surface area (Å²) in [5, 5.41) is 3.07. The molecule has 1 saturated heterocycles. The van der Waals surface area contributed by atoms with Crippen LogP contribution >= 0.6 is 8.53 Å². The highest BCUT2D eigenvalue weighted by Crippen LogP contribution is 2.38. The van der Waals surface area contributed by atoms with Gasteiger partial charge in [0.25, 0.3) is 5.56 Å². The molecule has 1 aliphatic rings. The highest BCUT2D eigenvalue weighted by molar-refractivity contribution is 7.45. The molecular weight excluding hydrogens is 449 g/mol. The van der Waals surface area contributed by atoms with Crippen molar-refractivity contribution in [3.05, 3.63) is 63.4 Å². The van der Waals surface area contributed by atoms with Gasteiger partial charge in [-0.1, -0.05) is 31.5 Å². The largest absolute Gasteiger partial charge is 0.465 e. The summed E-state index contributed by atoms with van der Waals surface area (Å²) >= 11 is 0. The van der Waals surface area contributed by atoms with Crippen molar-refractivity contribution >= 4 is 14.5 Å². The molecule has 0 radical (unpaired) electrons. The first kappa shape index (κ1) is 25.1. The van der Waals surface area contributed by atoms with E-state index in [1.54, 1.807) is 19.1 Å². The van der Waals surface area contributed by atoms with Gasteiger partial charge in [-0.15, -0.1) is 0 Å². The highest BCUT2D eigenvalue weighted by Gasteiger charge is 2.30. The molecule has 1 fully saturated rings. The zero-order valence-corrected chi connectivity index (χ0v) is 19.7. The summed E-state index contributed by atoms with van der Waals surface area (Å²) < 4.78 is 24.5. The van der Waals surface area contributed by atoms with Gasteiger partial charge in [-0.3, -0.25) is 19.1 Å². The Hall–Kier alpha value is -2.52. The second-order valence-electron chi connectivity index (χ2n) is 7.64. The Balaban J connectivity index is 1.57. The van der Waals surface area contributed by atoms with E-state index in [2.05, 4.69) is 10.1 Å². The van der Waals surface area contributed by atoms with Crippen LogP contribution in [0.1, 0.15) is 45.8 Å². The monoisotopic (exact) mass is 479 g/mol. The van der Waals surface area contributed by atoms with Crippen molar-refractivity contribution < 1.29 is 23.3 Å². The van der Waals surface area contributed by atoms with E-state index in [9.17, 15) is 14.4 Å². The van der Waals surface area contributed by atoms with Crippen LogP contribution in [0, 0.1) is 0 Å². The van der Waals surface area contributed by atoms with Crippen LogP contribution in [0.5, 0.6) is 5.75 Å². The summed E-state index contributed by atoms with van der Waals surface area (Å²) in [6.45, 7) is 4.31. The van der Waals surface area contributed by atoms with E-state index >= 15 is 0 Å². The Morgan fingerprint density at radius 1 is 1.27 bits per heavy atom. The zero-order chi connectivity index (χ0) is 23.6. The fraction of sp³-hybridized carbons (Fsp3) is 0.500. The molecule has 0 saturated carbocycles. The lowest BCUT2D eigenvalue weighted by molar-refractivity contribution is -0.145. The Kier molecular flexibility index (Phi) is 9.62. The quantitative estimate of drug-likeness (QED) is 0.271. The molecule has 1 aromatic carbocycles. The SMILES string of the molecule is CCCCOC(=O)[C@H](C)NP(OC[C@@H]1CCC(n2ccc(=O)[nH]c2=O)O1)Oc1ccccc1. The molecule has 11 heteroatoms. The predicted molar refractivity (Wildman–Crippen MR) is 123 cm³/mol. The first-order valence-electron chi connectivity index (χ1n) is 11.0. The van der Waals surface area contributed by atoms with E-state index in [-0.39, 0.29) is 18.7 Å². The second-order valence-corrected chi connectivity index (χ2v) is 8.85. The fourth-order valence-electron chi connectivity index (χ4n) is 3.14. The van der Waals surface area contributed by atoms with Crippen LogP contribution in [0.2, 0.25) is 0 Å². The van der Waals surface area contributed by atoms with E-state index in [1.807, 2.05) is 25.1 Å². The fourth-order valence-corrected chi connectivity index (χ4v) is 4.36. The van der Waals surface area contributed by atoms with E-state index in [4.69, 9.17) is 18.5 Å². The number of ether oxygens (including phenoxy) is 2. The van der Waals surface area contributed by atoms with Gasteiger partial charge >= 0.3 is 20.2 Å². The summed E-state index contributed by atoms with van der Waals surface area (Å²) in [5.41, 5.74) is -0.966. The number of H-pyrrole nitrogens is 1. The van der Waals surface area contributed by atoms with Crippen molar-refractivity contribution in [2.24, 2.45) is 0 Å². The minimum absolute atomic E-state index is 0.206. The molecule has 2 aromatic rings. The molecule has 0 spiro atoms. The molecule has 0 aliphatic carbocycles. The Labute approximate surface area is 193 Å². The molecule has 0 bridgehead atoms. The summed E-state index contributed by atoms with van der Waals surface area (Å²) in [5.74, 6) is 0.235. The van der Waals surface area contributed by atoms with Crippen LogP contribution in [0.15, 0.2) is 52.2 Å². The summed E-state index contributed by atoms with van der Waals surface area (Å²) in [6.07, 6.45) is 3.69. The van der Waals surface area contributed by atoms with Crippen molar-refractivity contribution in [1.29, 1.82) is 0 Å². The maximum absolute atomic E-state index is 12.3. The van der Waals surface area contributed by atoms with Crippen molar-refractivity contribution in [2.45, 2.75) is 57.9 Å². The van der Waals surface area contributed by atoms with Gasteiger partial charge in [0, 0.05) is 12.3 Å². The molecule has 33 heavy (non-hydrogen) atoms. The molecule has 2 unspecified atom stereocenters. The van der Waals surface area contributed by atoms with Crippen LogP contribution in [-0.4, -0.2) is 40.9 Å². The number of rotatable bonds is 12. The number of para-hydroxylation sites is 1. The van der Waals surface area contributed by atoms with E-state index in [1.165, 1.54) is 16.8 Å². The third kappa shape index (κ3) is 7.78. The van der Waals surface area contributed by atoms with Gasteiger partial charge < -0.3 is 18.5 Å². The van der Waals surface area contributed by atoms with Gasteiger partial charge in [-0.05, 0) is 38.3 Å². The van der Waals surface area contributed by atoms with Crippen LogP contribution < -0.4 is 20.9 Å². The third-order valence-corrected chi connectivity index (χ3v) is 6.31. The molecule has 3 rings (SSSR count). The Morgan fingerprint density at radius 2 is 2.06 bits per heavy atom. The van der Waals surface area contributed by atoms with Crippen LogP contribution in [0.3, 0.4) is 0 Å². The topological polar surface area (TPSA) is 121 Å². The number of nitrogens with one attached hydrogen (secondary N) is 2. The second kappa shape index (κ2) is 12.6. The number of carbonyl (C=O) groups is 1. The standard InChI is InChI=1S/C22H30N3O7P/c1-3-4-14-29-21(27)16(2)24-33(32-17-8-6-5-7-9-17)30-15-18-10-11-20(31-18)25-13-12-19(26)23-22(25)28/h5-9,12-13,16,18,20,24H,3-4,10-11,14-15H2,1-2H3,(H,23,26,28)/t16-,18-,20?,33?/m0/s1. The van der Waals surface area contributed by atoms with Gasteiger partial charge in [0.15, 0.2) is 0 Å². The van der Waals surface area contributed by atoms with Crippen molar-refractivity contribution in [3.63, 3.8) is 0 Å². The molecule has 4 atom stereocenters. The van der Waals surface area contributed by atoms with E-state index < -0.39 is 32.0 Å². The average molecular weight is 479 g/mol. The minimum Gasteiger partial charge on any atom is -0.465 e. The maximum atomic E-state index is 12.3. The van der Waals surface area contributed by atoms with Gasteiger partial charge in [0.2, 0.25) is 0 Å². The molecule has 180 valence electrons. The smallest absolute Gasteiger partial charge is 0.330 e. The summed E-state index contributed by atoms with van der Waals surface area (Å²) in [6, 6.07) is 9.84. The number of esters is 1. The normalized spacial score (nSPS) is 19.7. The molecule has 1 aliphatic heterocycles. The lowest BCUT2D eigenvalue weighted by Crippen LogP contribution is -2.34. The van der Waals surface area contributed by atoms with Crippen molar-refractivity contribution in [3.8, 4) is 5.75 Å². The Bertz CT molecular complexity index is 997. The van der Waals surface area contributed by atoms with Gasteiger partial charge in [-0.2, -0.15) is 0 Å². The highest BCUT2D eigenvalue weighted by atomic mass is 31.2. The number of benzene rings is 1. The number of hydrogen-bond acceptors (Lipinski definition) is 8. The molecule has 0 amide bonds. The average Bonchev–Trinajstić information content (AvgIpc) is 3.27. The van der Waals surface area contributed by atoms with Gasteiger partial charge in [-0.25, -0.2) is 9.88 Å². The van der Waals surface area contributed by atoms with Crippen LogP contribution in [-0.2, 0) is 18.8 Å². The van der Waals surface area contributed by atoms with Crippen molar-refractivity contribution in [2.75, 3.05) is 13.2 Å². The predicted octanol–water partition coefficient (Wildman–Crippen LogP) is 2.86.